The number of thiazole rings is 1. The van der Waals surface area contributed by atoms with E-state index in [2.05, 4.69) is 47.5 Å². The van der Waals surface area contributed by atoms with Crippen molar-refractivity contribution in [2.75, 3.05) is 66.4 Å². The molecule has 2 aromatic carbocycles. The number of rotatable bonds is 50. The van der Waals surface area contributed by atoms with Gasteiger partial charge in [0.25, 0.3) is 11.8 Å². The summed E-state index contributed by atoms with van der Waals surface area (Å²) >= 11 is 1.46. The van der Waals surface area contributed by atoms with Crippen molar-refractivity contribution >= 4 is 94.1 Å². The van der Waals surface area contributed by atoms with Crippen LogP contribution in [0.25, 0.3) is 0 Å². The van der Waals surface area contributed by atoms with E-state index in [9.17, 15) is 62.3 Å². The van der Waals surface area contributed by atoms with Gasteiger partial charge in [0.1, 0.15) is 41.8 Å². The van der Waals surface area contributed by atoms with Gasteiger partial charge in [-0.25, -0.2) is 14.6 Å². The van der Waals surface area contributed by atoms with Gasteiger partial charge in [0.15, 0.2) is 0 Å². The van der Waals surface area contributed by atoms with Gasteiger partial charge in [0, 0.05) is 102 Å². The molecule has 1 fully saturated rings. The Balaban J connectivity index is 1.21. The zero-order valence-corrected chi connectivity index (χ0v) is 73.5. The van der Waals surface area contributed by atoms with E-state index in [1.54, 1.807) is 96.0 Å². The predicted octanol–water partition coefficient (Wildman–Crippen LogP) is 8.40. The van der Waals surface area contributed by atoms with Crippen LogP contribution in [0.4, 0.5) is 15.3 Å². The molecule has 12 atom stereocenters. The van der Waals surface area contributed by atoms with Crippen LogP contribution in [0.5, 0.6) is 0 Å². The highest BCUT2D eigenvalue weighted by Crippen LogP contribution is 2.32. The van der Waals surface area contributed by atoms with E-state index in [0.717, 1.165) is 15.5 Å². The predicted molar refractivity (Wildman–Crippen MR) is 450 cm³/mol. The summed E-state index contributed by atoms with van der Waals surface area (Å²) in [5.41, 5.74) is 6.08. The Morgan fingerprint density at radius 3 is 1.90 bits per heavy atom. The number of likely N-dealkylation sites (tertiary alicyclic amines) is 1. The van der Waals surface area contributed by atoms with Gasteiger partial charge in [0.05, 0.1) is 48.3 Å². The summed E-state index contributed by atoms with van der Waals surface area (Å²) in [5.74, 6) is -7.23. The quantitative estimate of drug-likeness (QED) is 0.0189. The number of benzene rings is 2. The Labute approximate surface area is 701 Å². The third-order valence-electron chi connectivity index (χ3n) is 21.8. The van der Waals surface area contributed by atoms with Crippen molar-refractivity contribution in [3.8, 4) is 0 Å². The van der Waals surface area contributed by atoms with Gasteiger partial charge >= 0.3 is 12.1 Å². The molecule has 656 valence electrons. The van der Waals surface area contributed by atoms with Crippen molar-refractivity contribution < 1.29 is 81.3 Å². The first kappa shape index (κ1) is 99.2. The van der Waals surface area contributed by atoms with E-state index >= 15 is 0 Å². The molecule has 2 aliphatic rings. The van der Waals surface area contributed by atoms with E-state index in [1.807, 2.05) is 91.1 Å². The molecule has 0 radical (unpaired) electrons. The molecule has 3 heterocycles. The van der Waals surface area contributed by atoms with Crippen molar-refractivity contribution in [1.29, 1.82) is 0 Å². The summed E-state index contributed by atoms with van der Waals surface area (Å²) in [6.07, 6.45) is 7.21. The Hall–Kier alpha value is -9.40. The molecular formula is C86H134N14O17S. The molecule has 5 rings (SSSR count). The molecule has 2 aliphatic heterocycles. The Kier molecular flexibility index (Phi) is 40.9. The number of carbonyl (C=O) groups excluding carboxylic acids is 13. The molecule has 0 saturated carbocycles. The molecule has 2 unspecified atom stereocenters. The number of likely N-dealkylation sites (N-methyl/N-ethyl adjacent to an activating group) is 2. The van der Waals surface area contributed by atoms with E-state index < -0.39 is 143 Å². The summed E-state index contributed by atoms with van der Waals surface area (Å²) in [6, 6.07) is 8.17. The smallest absolute Gasteiger partial charge is 0.410 e. The number of ether oxygens (including phenoxy) is 4. The number of hydrogen-bond donors (Lipinski definition) is 9. The summed E-state index contributed by atoms with van der Waals surface area (Å²) in [5, 5.41) is 25.5. The van der Waals surface area contributed by atoms with Gasteiger partial charge in [0.2, 0.25) is 53.2 Å². The van der Waals surface area contributed by atoms with E-state index in [-0.39, 0.29) is 99.3 Å². The van der Waals surface area contributed by atoms with Gasteiger partial charge in [-0.05, 0) is 138 Å². The van der Waals surface area contributed by atoms with Gasteiger partial charge in [-0.1, -0.05) is 131 Å². The molecule has 3 aromatic rings. The van der Waals surface area contributed by atoms with Crippen LogP contribution in [0.1, 0.15) is 209 Å². The van der Waals surface area contributed by atoms with Crippen LogP contribution in [0.2, 0.25) is 0 Å². The van der Waals surface area contributed by atoms with Gasteiger partial charge in [-0.2, -0.15) is 0 Å². The molecule has 1 saturated heterocycles. The van der Waals surface area contributed by atoms with Crippen molar-refractivity contribution in [3.05, 3.63) is 94.5 Å². The molecule has 0 aliphatic carbocycles. The number of hydrogen-bond acceptors (Lipinski definition) is 19. The number of unbranched alkanes of at least 4 members (excludes halogenated alkanes) is 3. The molecule has 0 bridgehead atoms. The fraction of sp³-hybridized carbons (Fsp3) is 0.651. The summed E-state index contributed by atoms with van der Waals surface area (Å²) < 4.78 is 23.9. The van der Waals surface area contributed by atoms with Gasteiger partial charge in [-0.15, -0.1) is 11.3 Å². The Bertz CT molecular complexity index is 3780. The second-order valence-corrected chi connectivity index (χ2v) is 34.6. The van der Waals surface area contributed by atoms with Crippen molar-refractivity contribution in [2.24, 2.45) is 40.7 Å². The normalized spacial score (nSPS) is 16.5. The van der Waals surface area contributed by atoms with Crippen LogP contribution >= 0.6 is 11.3 Å². The number of urea groups is 1. The third-order valence-corrected chi connectivity index (χ3v) is 22.7. The van der Waals surface area contributed by atoms with Crippen LogP contribution in [0.15, 0.2) is 78.3 Å². The summed E-state index contributed by atoms with van der Waals surface area (Å²) in [7, 11) is 6.13. The zero-order chi connectivity index (χ0) is 87.7. The van der Waals surface area contributed by atoms with Gasteiger partial charge in [-0.3, -0.25) is 62.5 Å². The number of carbonyl (C=O) groups is 13. The Morgan fingerprint density at radius 2 is 1.31 bits per heavy atom. The number of primary amides is 1. The first-order chi connectivity index (χ1) is 55.7. The average Bonchev–Trinajstić information content (AvgIpc) is 1.77. The number of anilines is 1. The SMILES string of the molecule is CC[C@H](C)[C@@H]([C@@H](CC(=O)N1CCCC1[C@H](OC)[C@@H](C)C(=O)N[C@H](Cc1ccccc1)c1nccs1)OC)N(C)C(=O)[C@@H](NC(=O)[C@H](C(C)C)N(C)C(=O)OCc1ccc(NC(=O)[C@H](CCCNC(N)=O)NC(=O)[C@@H](NC(=O)C(CCCCNC(=O)C(C)(C)CCOC(C)(C)C)NC(=O)CCCCCN2C(=O)C=CC2=O)C(C)C)cc1)C(C)C. The number of nitrogens with zero attached hydrogens (tertiary/aromatic N) is 5. The van der Waals surface area contributed by atoms with Crippen LogP contribution in [-0.2, 0) is 84.7 Å². The van der Waals surface area contributed by atoms with Crippen LogP contribution in [0, 0.1) is 35.0 Å². The molecule has 0 spiro atoms. The monoisotopic (exact) mass is 1670 g/mol. The topological polar surface area (TPSA) is 407 Å². The number of methoxy groups -OCH3 is 2. The second-order valence-electron chi connectivity index (χ2n) is 33.6. The minimum Gasteiger partial charge on any atom is -0.445 e. The molecular weight excluding hydrogens is 1530 g/mol. The highest BCUT2D eigenvalue weighted by Gasteiger charge is 2.45. The highest BCUT2D eigenvalue weighted by molar-refractivity contribution is 7.09. The maximum atomic E-state index is 15.0. The van der Waals surface area contributed by atoms with E-state index in [0.29, 0.717) is 82.9 Å². The van der Waals surface area contributed by atoms with Crippen LogP contribution in [-0.4, -0.2) is 223 Å². The number of aromatic nitrogens is 1. The first-order valence-corrected chi connectivity index (χ1v) is 42.5. The van der Waals surface area contributed by atoms with Crippen LogP contribution < -0.4 is 48.3 Å². The lowest BCUT2D eigenvalue weighted by Crippen LogP contribution is -2.60. The fourth-order valence-corrected chi connectivity index (χ4v) is 15.3. The summed E-state index contributed by atoms with van der Waals surface area (Å²) in [6.45, 7) is 26.9. The molecule has 32 heteroatoms. The first-order valence-electron chi connectivity index (χ1n) is 41.6. The van der Waals surface area contributed by atoms with Crippen LogP contribution in [0.3, 0.4) is 0 Å². The molecule has 1 aromatic heterocycles. The van der Waals surface area contributed by atoms with Crippen molar-refractivity contribution in [3.63, 3.8) is 0 Å². The number of amides is 14. The van der Waals surface area contributed by atoms with E-state index in [4.69, 9.17) is 24.7 Å². The van der Waals surface area contributed by atoms with E-state index in [1.165, 1.54) is 42.5 Å². The number of imide groups is 1. The minimum atomic E-state index is -1.23. The maximum absolute atomic E-state index is 15.0. The fourth-order valence-electron chi connectivity index (χ4n) is 14.6. The number of nitrogens with one attached hydrogen (secondary N) is 8. The van der Waals surface area contributed by atoms with Gasteiger partial charge < -0.3 is 77.0 Å². The second kappa shape index (κ2) is 48.6. The lowest BCUT2D eigenvalue weighted by atomic mass is 9.88. The van der Waals surface area contributed by atoms with Crippen molar-refractivity contribution in [1.82, 2.24) is 61.8 Å². The zero-order valence-electron chi connectivity index (χ0n) is 72.7. The minimum absolute atomic E-state index is 0.00382. The molecule has 118 heavy (non-hydrogen) atoms. The maximum Gasteiger partial charge on any atom is 0.410 e. The molecule has 10 N–H and O–H groups in total. The lowest BCUT2D eigenvalue weighted by Gasteiger charge is -2.41. The highest BCUT2D eigenvalue weighted by atomic mass is 32.1. The number of nitrogens with two attached hydrogens (primary N) is 1. The van der Waals surface area contributed by atoms with Crippen molar-refractivity contribution in [2.45, 2.75) is 266 Å². The standard InChI is InChI=1S/C86H134N14O17S/c1-19-56(8)73(65(114-17)51-69(104)99-47-29-34-64(99)74(115-18)57(9)75(105)94-63(80-88-45-49-118-80)50-58-30-22-20-23-31-58)97(15)81(110)71(54(4)5)96-79(109)72(55(6)7)98(16)84(113)116-52-59-36-38-60(39-37-59)91-76(106)62(33-28-44-90-83(87)112)93-78(108)70(53(2)3)95-77(107)61(92-66(101)35-24-21-27-46-100-67(102)40-41-68(100)103)32-25-26-43-89-82(111)86(13,14)42-48-117-85(10,11)12/h20,22-23,30-31,36-41,45,49,53-57,61-65,70-74H,19,21,24-29,32-35,42-44,46-48,50-52H2,1-18H3,(H,89,111)(H,91,106)(H,92,101)(H,93,108)(H,94,105)(H,95,107)(H,96,109)(H3,87,90,112)/t56-,57+,61?,62-,63+,64?,65+,70-,71-,72-,73-,74+/m0/s1. The largest absolute Gasteiger partial charge is 0.445 e. The Morgan fingerprint density at radius 1 is 0.669 bits per heavy atom. The summed E-state index contributed by atoms with van der Waals surface area (Å²) in [4.78, 5) is 188. The third kappa shape index (κ3) is 31.4. The lowest BCUT2D eigenvalue weighted by molar-refractivity contribution is -0.148. The average molecular weight is 1670 g/mol. The molecule has 31 nitrogen and oxygen atoms in total. The molecule has 14 amide bonds.